The molecular weight excluding hydrogens is 213 g/mol. The number of nitrogens with one attached hydrogen (secondary N) is 1. The van der Waals surface area contributed by atoms with E-state index in [1.807, 2.05) is 0 Å². The van der Waals surface area contributed by atoms with E-state index in [1.54, 1.807) is 24.3 Å². The molecule has 0 saturated heterocycles. The fourth-order valence-electron chi connectivity index (χ4n) is 0.813. The summed E-state index contributed by atoms with van der Waals surface area (Å²) >= 11 is 1.03. The predicted molar refractivity (Wildman–Crippen MR) is 57.9 cm³/mol. The summed E-state index contributed by atoms with van der Waals surface area (Å²) in [6, 6.07) is 7.95. The van der Waals surface area contributed by atoms with Crippen LogP contribution in [0.15, 0.2) is 40.1 Å². The number of nitriles is 1. The van der Waals surface area contributed by atoms with Gasteiger partial charge in [-0.3, -0.25) is 5.41 Å². The Labute approximate surface area is 90.9 Å². The number of hydrogen-bond donors (Lipinski definition) is 2. The van der Waals surface area contributed by atoms with Crippen LogP contribution >= 0.6 is 11.8 Å². The molecule has 0 heterocycles. The Morgan fingerprint density at radius 1 is 1.53 bits per heavy atom. The summed E-state index contributed by atoms with van der Waals surface area (Å²) < 4.78 is 13.1. The monoisotopic (exact) mass is 221 g/mol. The average molecular weight is 221 g/mol. The van der Waals surface area contributed by atoms with E-state index in [-0.39, 0.29) is 17.2 Å². The standard InChI is InChI=1S/C10H8FN3S/c11-8-3-1-2-4-9(8)15-6-7(5-12)10(13)14/h1-4,6H,(H3,13,14). The van der Waals surface area contributed by atoms with Gasteiger partial charge < -0.3 is 5.73 Å². The zero-order valence-corrected chi connectivity index (χ0v) is 8.51. The van der Waals surface area contributed by atoms with Gasteiger partial charge >= 0.3 is 0 Å². The molecule has 0 fully saturated rings. The summed E-state index contributed by atoms with van der Waals surface area (Å²) in [6.07, 6.45) is 0. The van der Waals surface area contributed by atoms with Gasteiger partial charge in [-0.2, -0.15) is 5.26 Å². The Morgan fingerprint density at radius 3 is 2.73 bits per heavy atom. The van der Waals surface area contributed by atoms with Crippen LogP contribution in [0.25, 0.3) is 0 Å². The van der Waals surface area contributed by atoms with Crippen LogP contribution in [0.1, 0.15) is 0 Å². The van der Waals surface area contributed by atoms with Crippen molar-refractivity contribution in [1.29, 1.82) is 10.7 Å². The van der Waals surface area contributed by atoms with Crippen LogP contribution in [-0.4, -0.2) is 5.84 Å². The van der Waals surface area contributed by atoms with E-state index in [4.69, 9.17) is 16.4 Å². The van der Waals surface area contributed by atoms with Crippen molar-refractivity contribution in [3.8, 4) is 6.07 Å². The Bertz CT molecular complexity index is 448. The highest BCUT2D eigenvalue weighted by Gasteiger charge is 2.02. The molecule has 0 aliphatic carbocycles. The molecule has 3 N–H and O–H groups in total. The predicted octanol–water partition coefficient (Wildman–Crippen LogP) is 2.26. The first-order valence-electron chi connectivity index (χ1n) is 4.01. The highest BCUT2D eigenvalue weighted by Crippen LogP contribution is 2.23. The number of halogens is 1. The molecule has 76 valence electrons. The number of amidine groups is 1. The molecule has 0 aliphatic heterocycles. The van der Waals surface area contributed by atoms with E-state index in [0.29, 0.717) is 4.90 Å². The number of thioether (sulfide) groups is 1. The van der Waals surface area contributed by atoms with E-state index in [2.05, 4.69) is 0 Å². The minimum absolute atomic E-state index is 0.0308. The number of hydrogen-bond acceptors (Lipinski definition) is 3. The molecule has 3 nitrogen and oxygen atoms in total. The Kier molecular flexibility index (Phi) is 3.89. The lowest BCUT2D eigenvalue weighted by Gasteiger charge is -1.98. The van der Waals surface area contributed by atoms with Gasteiger partial charge in [-0.05, 0) is 17.5 Å². The fraction of sp³-hybridized carbons (Fsp3) is 0. The maximum atomic E-state index is 13.1. The largest absolute Gasteiger partial charge is 0.383 e. The SMILES string of the molecule is N#CC(=CSc1ccccc1F)C(=N)N. The summed E-state index contributed by atoms with van der Waals surface area (Å²) in [5.41, 5.74) is 5.17. The normalized spacial score (nSPS) is 10.8. The molecule has 0 radical (unpaired) electrons. The molecular formula is C10H8FN3S. The second-order valence-electron chi connectivity index (χ2n) is 2.61. The lowest BCUT2D eigenvalue weighted by molar-refractivity contribution is 0.602. The topological polar surface area (TPSA) is 73.7 Å². The Balaban J connectivity index is 2.85. The number of rotatable bonds is 3. The molecule has 1 aromatic rings. The van der Waals surface area contributed by atoms with Crippen molar-refractivity contribution in [3.05, 3.63) is 41.1 Å². The van der Waals surface area contributed by atoms with E-state index in [1.165, 1.54) is 11.5 Å². The van der Waals surface area contributed by atoms with E-state index >= 15 is 0 Å². The summed E-state index contributed by atoms with van der Waals surface area (Å²) in [6.45, 7) is 0. The maximum Gasteiger partial charge on any atom is 0.137 e. The average Bonchev–Trinajstić information content (AvgIpc) is 2.21. The fourth-order valence-corrected chi connectivity index (χ4v) is 1.58. The maximum absolute atomic E-state index is 13.1. The highest BCUT2D eigenvalue weighted by molar-refractivity contribution is 8.02. The Morgan fingerprint density at radius 2 is 2.20 bits per heavy atom. The van der Waals surface area contributed by atoms with Crippen LogP contribution in [-0.2, 0) is 0 Å². The van der Waals surface area contributed by atoms with Crippen LogP contribution in [0.3, 0.4) is 0 Å². The third kappa shape index (κ3) is 3.11. The van der Waals surface area contributed by atoms with Gasteiger partial charge in [-0.1, -0.05) is 23.9 Å². The van der Waals surface area contributed by atoms with Crippen LogP contribution in [0, 0.1) is 22.6 Å². The first-order valence-corrected chi connectivity index (χ1v) is 4.89. The van der Waals surface area contributed by atoms with Crippen molar-refractivity contribution >= 4 is 17.6 Å². The van der Waals surface area contributed by atoms with Gasteiger partial charge in [0, 0.05) is 4.90 Å². The first kappa shape index (κ1) is 11.3. The second-order valence-corrected chi connectivity index (χ2v) is 3.52. The third-order valence-electron chi connectivity index (χ3n) is 1.55. The molecule has 0 aromatic heterocycles. The van der Waals surface area contributed by atoms with Crippen LogP contribution in [0.2, 0.25) is 0 Å². The molecule has 15 heavy (non-hydrogen) atoms. The first-order chi connectivity index (χ1) is 7.15. The zero-order valence-electron chi connectivity index (χ0n) is 7.70. The molecule has 0 spiro atoms. The van der Waals surface area contributed by atoms with Gasteiger partial charge in [0.15, 0.2) is 0 Å². The summed E-state index contributed by atoms with van der Waals surface area (Å²) in [4.78, 5) is 0.395. The highest BCUT2D eigenvalue weighted by atomic mass is 32.2. The van der Waals surface area contributed by atoms with Gasteiger partial charge in [-0.25, -0.2) is 4.39 Å². The molecule has 0 aliphatic rings. The van der Waals surface area contributed by atoms with Gasteiger partial charge in [0.1, 0.15) is 23.3 Å². The van der Waals surface area contributed by atoms with Crippen molar-refractivity contribution in [3.63, 3.8) is 0 Å². The van der Waals surface area contributed by atoms with Crippen LogP contribution < -0.4 is 5.73 Å². The molecule has 0 unspecified atom stereocenters. The van der Waals surface area contributed by atoms with Crippen molar-refractivity contribution in [2.75, 3.05) is 0 Å². The van der Waals surface area contributed by atoms with Crippen molar-refractivity contribution in [1.82, 2.24) is 0 Å². The smallest absolute Gasteiger partial charge is 0.137 e. The second kappa shape index (κ2) is 5.17. The molecule has 0 amide bonds. The van der Waals surface area contributed by atoms with Gasteiger partial charge in [0.2, 0.25) is 0 Å². The van der Waals surface area contributed by atoms with Crippen LogP contribution in [0.5, 0.6) is 0 Å². The zero-order chi connectivity index (χ0) is 11.3. The molecule has 0 bridgehead atoms. The van der Waals surface area contributed by atoms with Crippen molar-refractivity contribution in [2.45, 2.75) is 4.90 Å². The molecule has 0 atom stereocenters. The minimum Gasteiger partial charge on any atom is -0.383 e. The molecule has 0 saturated carbocycles. The van der Waals surface area contributed by atoms with Gasteiger partial charge in [0.25, 0.3) is 0 Å². The quantitative estimate of drug-likeness (QED) is 0.356. The number of nitrogens with zero attached hydrogens (tertiary/aromatic N) is 1. The summed E-state index contributed by atoms with van der Waals surface area (Å²) in [5.74, 6) is -0.680. The molecule has 1 aromatic carbocycles. The number of nitrogens with two attached hydrogens (primary N) is 1. The third-order valence-corrected chi connectivity index (χ3v) is 2.49. The summed E-state index contributed by atoms with van der Waals surface area (Å²) in [7, 11) is 0. The van der Waals surface area contributed by atoms with Gasteiger partial charge in [-0.15, -0.1) is 0 Å². The van der Waals surface area contributed by atoms with Crippen LogP contribution in [0.4, 0.5) is 4.39 Å². The molecule has 5 heteroatoms. The van der Waals surface area contributed by atoms with Crippen molar-refractivity contribution < 1.29 is 4.39 Å². The summed E-state index contributed by atoms with van der Waals surface area (Å²) in [5, 5.41) is 17.0. The van der Waals surface area contributed by atoms with E-state index in [0.717, 1.165) is 11.8 Å². The minimum atomic E-state index is -0.361. The van der Waals surface area contributed by atoms with E-state index < -0.39 is 0 Å². The van der Waals surface area contributed by atoms with E-state index in [9.17, 15) is 4.39 Å². The van der Waals surface area contributed by atoms with Crippen molar-refractivity contribution in [2.24, 2.45) is 5.73 Å². The lowest BCUT2D eigenvalue weighted by Crippen LogP contribution is -2.11. The van der Waals surface area contributed by atoms with Gasteiger partial charge in [0.05, 0.1) is 0 Å². The number of benzene rings is 1. The molecule has 1 rings (SSSR count). The lowest BCUT2D eigenvalue weighted by atomic mass is 10.3. The Hall–Kier alpha value is -1.80.